The lowest BCUT2D eigenvalue weighted by atomic mass is 10.2. The van der Waals surface area contributed by atoms with Gasteiger partial charge in [-0.3, -0.25) is 4.79 Å². The van der Waals surface area contributed by atoms with Crippen LogP contribution in [0.25, 0.3) is 0 Å². The number of ether oxygens (including phenoxy) is 1. The van der Waals surface area contributed by atoms with Crippen LogP contribution in [0.2, 0.25) is 19.6 Å². The normalized spacial score (nSPS) is 11.6. The Labute approximate surface area is 94.4 Å². The standard InChI is InChI=1S/C12H22O2Si/c1-12(2,3)14-11(13)9-7-8-10-15(4,5)6/h7,9H2,1-6H3. The van der Waals surface area contributed by atoms with Crippen LogP contribution in [-0.2, 0) is 9.53 Å². The van der Waals surface area contributed by atoms with Crippen LogP contribution in [0, 0.1) is 11.5 Å². The highest BCUT2D eigenvalue weighted by Gasteiger charge is 2.15. The molecule has 0 unspecified atom stereocenters. The van der Waals surface area contributed by atoms with E-state index in [9.17, 15) is 4.79 Å². The summed E-state index contributed by atoms with van der Waals surface area (Å²) in [5.74, 6) is 2.89. The van der Waals surface area contributed by atoms with E-state index in [2.05, 4.69) is 31.1 Å². The van der Waals surface area contributed by atoms with Gasteiger partial charge in [0.05, 0.1) is 6.42 Å². The minimum atomic E-state index is -1.29. The Morgan fingerprint density at radius 2 is 1.80 bits per heavy atom. The Hall–Kier alpha value is -0.753. The van der Waals surface area contributed by atoms with E-state index in [0.29, 0.717) is 12.8 Å². The van der Waals surface area contributed by atoms with Crippen molar-refractivity contribution >= 4 is 14.0 Å². The lowest BCUT2D eigenvalue weighted by molar-refractivity contribution is -0.154. The molecule has 0 aromatic carbocycles. The maximum Gasteiger partial charge on any atom is 0.307 e. The van der Waals surface area contributed by atoms with Crippen LogP contribution in [0.15, 0.2) is 0 Å². The average molecular weight is 226 g/mol. The van der Waals surface area contributed by atoms with Crippen molar-refractivity contribution in [2.75, 3.05) is 0 Å². The smallest absolute Gasteiger partial charge is 0.307 e. The largest absolute Gasteiger partial charge is 0.460 e. The molecule has 0 aliphatic rings. The Bertz CT molecular complexity index is 271. The summed E-state index contributed by atoms with van der Waals surface area (Å²) in [6, 6.07) is 0. The molecule has 86 valence electrons. The Morgan fingerprint density at radius 3 is 2.20 bits per heavy atom. The molecule has 0 heterocycles. The third-order valence-corrected chi connectivity index (χ3v) is 2.26. The van der Waals surface area contributed by atoms with Crippen LogP contribution < -0.4 is 0 Å². The summed E-state index contributed by atoms with van der Waals surface area (Å²) in [6.45, 7) is 12.2. The van der Waals surface area contributed by atoms with Crippen molar-refractivity contribution < 1.29 is 9.53 Å². The minimum absolute atomic E-state index is 0.160. The molecule has 0 fully saturated rings. The number of hydrogen-bond acceptors (Lipinski definition) is 2. The van der Waals surface area contributed by atoms with E-state index < -0.39 is 8.07 Å². The maximum atomic E-state index is 11.3. The lowest BCUT2D eigenvalue weighted by Gasteiger charge is -2.18. The van der Waals surface area contributed by atoms with Crippen molar-refractivity contribution in [2.45, 2.75) is 58.9 Å². The maximum absolute atomic E-state index is 11.3. The summed E-state index contributed by atoms with van der Waals surface area (Å²) in [5, 5.41) is 0. The fourth-order valence-corrected chi connectivity index (χ4v) is 1.54. The first-order valence-electron chi connectivity index (χ1n) is 5.32. The van der Waals surface area contributed by atoms with Gasteiger partial charge in [-0.2, -0.15) is 0 Å². The van der Waals surface area contributed by atoms with Crippen LogP contribution in [0.1, 0.15) is 33.6 Å². The van der Waals surface area contributed by atoms with Crippen LogP contribution in [0.5, 0.6) is 0 Å². The van der Waals surface area contributed by atoms with E-state index in [1.165, 1.54) is 0 Å². The molecule has 0 N–H and O–H groups in total. The summed E-state index contributed by atoms with van der Waals surface area (Å²) >= 11 is 0. The van der Waals surface area contributed by atoms with Crippen molar-refractivity contribution in [3.8, 4) is 11.5 Å². The topological polar surface area (TPSA) is 26.3 Å². The van der Waals surface area contributed by atoms with Crippen LogP contribution in [0.3, 0.4) is 0 Å². The highest BCUT2D eigenvalue weighted by molar-refractivity contribution is 6.83. The van der Waals surface area contributed by atoms with Gasteiger partial charge in [0.15, 0.2) is 0 Å². The molecule has 0 bridgehead atoms. The second kappa shape index (κ2) is 5.36. The zero-order chi connectivity index (χ0) is 12.1. The molecular formula is C12H22O2Si. The lowest BCUT2D eigenvalue weighted by Crippen LogP contribution is -2.23. The summed E-state index contributed by atoms with van der Waals surface area (Å²) in [4.78, 5) is 11.3. The van der Waals surface area contributed by atoms with E-state index in [0.717, 1.165) is 0 Å². The van der Waals surface area contributed by atoms with Crippen molar-refractivity contribution in [1.29, 1.82) is 0 Å². The van der Waals surface area contributed by atoms with E-state index in [-0.39, 0.29) is 11.6 Å². The van der Waals surface area contributed by atoms with Gasteiger partial charge in [0.25, 0.3) is 0 Å². The van der Waals surface area contributed by atoms with Crippen molar-refractivity contribution in [1.82, 2.24) is 0 Å². The van der Waals surface area contributed by atoms with Gasteiger partial charge in [0.1, 0.15) is 13.7 Å². The molecule has 0 aliphatic carbocycles. The molecule has 3 heteroatoms. The molecule has 0 saturated heterocycles. The SMILES string of the molecule is CC(C)(C)OC(=O)CCC#C[Si](C)(C)C. The Morgan fingerprint density at radius 1 is 1.27 bits per heavy atom. The van der Waals surface area contributed by atoms with E-state index in [1.54, 1.807) is 0 Å². The number of carbonyl (C=O) groups is 1. The molecule has 0 spiro atoms. The van der Waals surface area contributed by atoms with Gasteiger partial charge >= 0.3 is 5.97 Å². The molecule has 0 aromatic heterocycles. The fourth-order valence-electron chi connectivity index (χ4n) is 0.885. The Kier molecular flexibility index (Phi) is 5.09. The van der Waals surface area contributed by atoms with Gasteiger partial charge in [0, 0.05) is 6.42 Å². The number of esters is 1. The summed E-state index contributed by atoms with van der Waals surface area (Å²) in [5.41, 5.74) is 2.84. The molecular weight excluding hydrogens is 204 g/mol. The first-order chi connectivity index (χ1) is 6.60. The van der Waals surface area contributed by atoms with Crippen molar-refractivity contribution in [2.24, 2.45) is 0 Å². The zero-order valence-electron chi connectivity index (χ0n) is 10.7. The van der Waals surface area contributed by atoms with Gasteiger partial charge in [-0.25, -0.2) is 0 Å². The summed E-state index contributed by atoms with van der Waals surface area (Å²) in [7, 11) is -1.29. The molecule has 0 saturated carbocycles. The molecule has 0 rings (SSSR count). The third-order valence-electron chi connectivity index (χ3n) is 1.34. The molecule has 0 atom stereocenters. The van der Waals surface area contributed by atoms with E-state index in [4.69, 9.17) is 4.74 Å². The molecule has 0 radical (unpaired) electrons. The highest BCUT2D eigenvalue weighted by Crippen LogP contribution is 2.08. The summed E-state index contributed by atoms with van der Waals surface area (Å²) < 4.78 is 5.17. The average Bonchev–Trinajstić information content (AvgIpc) is 1.92. The first-order valence-corrected chi connectivity index (χ1v) is 8.82. The fraction of sp³-hybridized carbons (Fsp3) is 0.750. The zero-order valence-corrected chi connectivity index (χ0v) is 11.7. The molecule has 0 aliphatic heterocycles. The predicted molar refractivity (Wildman–Crippen MR) is 66.2 cm³/mol. The first kappa shape index (κ1) is 14.2. The number of hydrogen-bond donors (Lipinski definition) is 0. The minimum Gasteiger partial charge on any atom is -0.460 e. The van der Waals surface area contributed by atoms with Gasteiger partial charge in [-0.05, 0) is 20.8 Å². The van der Waals surface area contributed by atoms with E-state index in [1.807, 2.05) is 20.8 Å². The van der Waals surface area contributed by atoms with Gasteiger partial charge < -0.3 is 4.74 Å². The summed E-state index contributed by atoms with van der Waals surface area (Å²) in [6.07, 6.45) is 1.01. The predicted octanol–water partition coefficient (Wildman–Crippen LogP) is 2.99. The molecule has 0 aromatic rings. The molecule has 15 heavy (non-hydrogen) atoms. The van der Waals surface area contributed by atoms with Crippen LogP contribution in [-0.4, -0.2) is 19.6 Å². The van der Waals surface area contributed by atoms with Crippen molar-refractivity contribution in [3.05, 3.63) is 0 Å². The van der Waals surface area contributed by atoms with E-state index >= 15 is 0 Å². The second-order valence-corrected chi connectivity index (χ2v) is 10.4. The van der Waals surface area contributed by atoms with Crippen molar-refractivity contribution in [3.63, 3.8) is 0 Å². The monoisotopic (exact) mass is 226 g/mol. The number of rotatable bonds is 2. The van der Waals surface area contributed by atoms with Crippen LogP contribution >= 0.6 is 0 Å². The molecule has 2 nitrogen and oxygen atoms in total. The highest BCUT2D eigenvalue weighted by atomic mass is 28.3. The molecule has 0 amide bonds. The van der Waals surface area contributed by atoms with Gasteiger partial charge in [-0.15, -0.1) is 11.5 Å². The second-order valence-electron chi connectivity index (χ2n) is 5.64. The van der Waals surface area contributed by atoms with Gasteiger partial charge in [0.2, 0.25) is 0 Å². The third kappa shape index (κ3) is 11.2. The quantitative estimate of drug-likeness (QED) is 0.411. The Balaban J connectivity index is 3.87. The number of carbonyl (C=O) groups excluding carboxylic acids is 1. The van der Waals surface area contributed by atoms with Crippen LogP contribution in [0.4, 0.5) is 0 Å². The van der Waals surface area contributed by atoms with Gasteiger partial charge in [-0.1, -0.05) is 19.6 Å².